The molecule has 1 unspecified atom stereocenters. The van der Waals surface area contributed by atoms with Crippen LogP contribution < -0.4 is 10.6 Å². The van der Waals surface area contributed by atoms with Crippen molar-refractivity contribution in [1.82, 2.24) is 20.0 Å². The fourth-order valence-corrected chi connectivity index (χ4v) is 3.89. The van der Waals surface area contributed by atoms with E-state index in [0.29, 0.717) is 25.4 Å². The minimum atomic E-state index is -1.06. The Morgan fingerprint density at radius 3 is 2.91 bits per heavy atom. The van der Waals surface area contributed by atoms with Gasteiger partial charge >= 0.3 is 6.09 Å². The summed E-state index contributed by atoms with van der Waals surface area (Å²) in [6.07, 6.45) is -1.00. The van der Waals surface area contributed by atoms with E-state index in [2.05, 4.69) is 25.3 Å². The van der Waals surface area contributed by atoms with Crippen molar-refractivity contribution in [3.05, 3.63) is 30.2 Å². The first-order valence-electron chi connectivity index (χ1n) is 11.2. The smallest absolute Gasteiger partial charge is 0.408 e. The van der Waals surface area contributed by atoms with Crippen molar-refractivity contribution >= 4 is 22.7 Å². The molecule has 0 spiro atoms. The molecule has 1 aliphatic rings. The SMILES string of the molecule is CCn1c(-c2noc(CNC(=O)OC(C)(C)C)n2)cc2c(NC3CCOC[C@@H]3F)cccc21. The lowest BCUT2D eigenvalue weighted by Gasteiger charge is -2.28. The van der Waals surface area contributed by atoms with Gasteiger partial charge in [-0.05, 0) is 52.3 Å². The summed E-state index contributed by atoms with van der Waals surface area (Å²) in [5, 5.41) is 11.0. The highest BCUT2D eigenvalue weighted by Gasteiger charge is 2.26. The number of nitrogens with zero attached hydrogens (tertiary/aromatic N) is 3. The van der Waals surface area contributed by atoms with E-state index in [9.17, 15) is 9.18 Å². The summed E-state index contributed by atoms with van der Waals surface area (Å²) in [6, 6.07) is 7.58. The van der Waals surface area contributed by atoms with Gasteiger partial charge in [-0.1, -0.05) is 11.2 Å². The molecule has 1 saturated heterocycles. The highest BCUT2D eigenvalue weighted by Crippen LogP contribution is 2.32. The third-order valence-corrected chi connectivity index (χ3v) is 5.37. The second kappa shape index (κ2) is 9.38. The molecule has 2 aromatic heterocycles. The van der Waals surface area contributed by atoms with Crippen molar-refractivity contribution in [2.45, 2.75) is 65.0 Å². The fraction of sp³-hybridized carbons (Fsp3) is 0.522. The number of carbonyl (C=O) groups is 1. The topological polar surface area (TPSA) is 103 Å². The van der Waals surface area contributed by atoms with E-state index in [1.807, 2.05) is 31.2 Å². The van der Waals surface area contributed by atoms with Gasteiger partial charge in [0, 0.05) is 24.2 Å². The van der Waals surface area contributed by atoms with Gasteiger partial charge in [-0.3, -0.25) is 0 Å². The number of halogens is 1. The number of aryl methyl sites for hydroxylation is 1. The predicted molar refractivity (Wildman–Crippen MR) is 122 cm³/mol. The zero-order valence-corrected chi connectivity index (χ0v) is 19.4. The second-order valence-corrected chi connectivity index (χ2v) is 9.01. The Labute approximate surface area is 191 Å². The molecule has 4 rings (SSSR count). The molecule has 0 radical (unpaired) electrons. The van der Waals surface area contributed by atoms with Crippen LogP contribution in [0, 0.1) is 0 Å². The summed E-state index contributed by atoms with van der Waals surface area (Å²) >= 11 is 0. The molecule has 1 amide bonds. The van der Waals surface area contributed by atoms with Crippen LogP contribution in [0.25, 0.3) is 22.4 Å². The van der Waals surface area contributed by atoms with Crippen LogP contribution in [0.1, 0.15) is 40.0 Å². The van der Waals surface area contributed by atoms with Crippen LogP contribution in [0.3, 0.4) is 0 Å². The van der Waals surface area contributed by atoms with Gasteiger partial charge in [0.1, 0.15) is 18.3 Å². The largest absolute Gasteiger partial charge is 0.444 e. The number of benzene rings is 1. The van der Waals surface area contributed by atoms with Crippen molar-refractivity contribution in [3.63, 3.8) is 0 Å². The molecule has 1 aliphatic heterocycles. The summed E-state index contributed by atoms with van der Waals surface area (Å²) in [5.41, 5.74) is 2.02. The van der Waals surface area contributed by atoms with Crippen molar-refractivity contribution in [2.24, 2.45) is 0 Å². The molecule has 33 heavy (non-hydrogen) atoms. The quantitative estimate of drug-likeness (QED) is 0.567. The minimum absolute atomic E-state index is 0.0582. The van der Waals surface area contributed by atoms with E-state index in [0.717, 1.165) is 22.3 Å². The van der Waals surface area contributed by atoms with Gasteiger partial charge in [-0.25, -0.2) is 9.18 Å². The lowest BCUT2D eigenvalue weighted by atomic mass is 10.1. The molecule has 0 aliphatic carbocycles. The normalized spacial score (nSPS) is 18.9. The van der Waals surface area contributed by atoms with Crippen LogP contribution in [0.5, 0.6) is 0 Å². The van der Waals surface area contributed by atoms with Gasteiger partial charge in [0.05, 0.1) is 23.9 Å². The van der Waals surface area contributed by atoms with Crippen molar-refractivity contribution in [2.75, 3.05) is 18.5 Å². The molecule has 0 bridgehead atoms. The molecule has 1 fully saturated rings. The molecule has 9 nitrogen and oxygen atoms in total. The molecule has 3 heterocycles. The highest BCUT2D eigenvalue weighted by molar-refractivity contribution is 5.96. The standard InChI is InChI=1S/C23H30FN5O4/c1-5-29-18-8-6-7-16(26-17-9-10-31-13-15(17)24)14(18)11-19(29)21-27-20(33-28-21)12-25-22(30)32-23(2,3)4/h6-8,11,15,17,26H,5,9-10,12-13H2,1-4H3,(H,25,30)/t15-,17?/m0/s1. The Morgan fingerprint density at radius 1 is 1.36 bits per heavy atom. The number of carbonyl (C=O) groups excluding carboxylic acids is 1. The first kappa shape index (κ1) is 23.0. The van der Waals surface area contributed by atoms with Gasteiger partial charge in [0.2, 0.25) is 11.7 Å². The first-order valence-corrected chi connectivity index (χ1v) is 11.2. The zero-order valence-electron chi connectivity index (χ0n) is 19.4. The van der Waals surface area contributed by atoms with Crippen molar-refractivity contribution < 1.29 is 23.2 Å². The highest BCUT2D eigenvalue weighted by atomic mass is 19.1. The van der Waals surface area contributed by atoms with E-state index in [-0.39, 0.29) is 25.1 Å². The van der Waals surface area contributed by atoms with E-state index >= 15 is 0 Å². The Balaban J connectivity index is 1.56. The number of ether oxygens (including phenoxy) is 2. The van der Waals surface area contributed by atoms with Crippen LogP contribution in [0.15, 0.2) is 28.8 Å². The third kappa shape index (κ3) is 5.27. The summed E-state index contributed by atoms with van der Waals surface area (Å²) in [6.45, 7) is 8.80. The average Bonchev–Trinajstić information content (AvgIpc) is 3.37. The van der Waals surface area contributed by atoms with E-state index in [1.54, 1.807) is 20.8 Å². The number of aromatic nitrogens is 3. The number of rotatable bonds is 6. The van der Waals surface area contributed by atoms with Gasteiger partial charge < -0.3 is 29.2 Å². The van der Waals surface area contributed by atoms with Gasteiger partial charge in [-0.2, -0.15) is 4.98 Å². The molecule has 2 atom stereocenters. The molecule has 0 saturated carbocycles. The molecular weight excluding hydrogens is 429 g/mol. The lowest BCUT2D eigenvalue weighted by Crippen LogP contribution is -2.39. The molecule has 10 heteroatoms. The van der Waals surface area contributed by atoms with E-state index in [4.69, 9.17) is 14.0 Å². The minimum Gasteiger partial charge on any atom is -0.444 e. The maximum atomic E-state index is 14.3. The fourth-order valence-electron chi connectivity index (χ4n) is 3.89. The molecule has 178 valence electrons. The monoisotopic (exact) mass is 459 g/mol. The van der Waals surface area contributed by atoms with Crippen molar-refractivity contribution in [1.29, 1.82) is 0 Å². The van der Waals surface area contributed by atoms with Crippen LogP contribution in [0.4, 0.5) is 14.9 Å². The van der Waals surface area contributed by atoms with Crippen molar-refractivity contribution in [3.8, 4) is 11.5 Å². The summed E-state index contributed by atoms with van der Waals surface area (Å²) in [4.78, 5) is 16.3. The number of hydrogen-bond donors (Lipinski definition) is 2. The van der Waals surface area contributed by atoms with Crippen LogP contribution in [0.2, 0.25) is 0 Å². The number of alkyl carbamates (subject to hydrolysis) is 1. The number of nitrogens with one attached hydrogen (secondary N) is 2. The lowest BCUT2D eigenvalue weighted by molar-refractivity contribution is 0.0286. The number of hydrogen-bond acceptors (Lipinski definition) is 7. The molecule has 1 aromatic carbocycles. The van der Waals surface area contributed by atoms with Crippen LogP contribution in [-0.4, -0.2) is 51.8 Å². The molecular formula is C23H30FN5O4. The van der Waals surface area contributed by atoms with Gasteiger partial charge in [0.15, 0.2) is 0 Å². The first-order chi connectivity index (χ1) is 15.7. The summed E-state index contributed by atoms with van der Waals surface area (Å²) in [7, 11) is 0. The van der Waals surface area contributed by atoms with Gasteiger partial charge in [0.25, 0.3) is 0 Å². The maximum Gasteiger partial charge on any atom is 0.408 e. The maximum absolute atomic E-state index is 14.3. The molecule has 3 aromatic rings. The Bertz CT molecular complexity index is 1120. The number of alkyl halides is 1. The van der Waals surface area contributed by atoms with Crippen LogP contribution in [-0.2, 0) is 22.6 Å². The van der Waals surface area contributed by atoms with Gasteiger partial charge in [-0.15, -0.1) is 0 Å². The average molecular weight is 460 g/mol. The number of fused-ring (bicyclic) bond motifs is 1. The summed E-state index contributed by atoms with van der Waals surface area (Å²) < 4.78 is 32.2. The zero-order chi connectivity index (χ0) is 23.6. The van der Waals surface area contributed by atoms with Crippen LogP contribution >= 0.6 is 0 Å². The number of anilines is 1. The Hall–Kier alpha value is -3.14. The predicted octanol–water partition coefficient (Wildman–Crippen LogP) is 4.27. The summed E-state index contributed by atoms with van der Waals surface area (Å²) in [5.74, 6) is 0.680. The number of amides is 1. The second-order valence-electron chi connectivity index (χ2n) is 9.01. The van der Waals surface area contributed by atoms with E-state index < -0.39 is 17.9 Å². The Kier molecular flexibility index (Phi) is 6.55. The third-order valence-electron chi connectivity index (χ3n) is 5.37. The Morgan fingerprint density at radius 2 is 2.18 bits per heavy atom. The van der Waals surface area contributed by atoms with E-state index in [1.165, 1.54) is 0 Å². The molecule has 2 N–H and O–H groups in total.